The van der Waals surface area contributed by atoms with Crippen LogP contribution in [0.15, 0.2) is 53.4 Å². The van der Waals surface area contributed by atoms with Gasteiger partial charge in [0.15, 0.2) is 0 Å². The summed E-state index contributed by atoms with van der Waals surface area (Å²) in [4.78, 5) is 0.0198. The second-order valence-corrected chi connectivity index (χ2v) is 6.62. The molecule has 0 aliphatic carbocycles. The maximum atomic E-state index is 11.2. The van der Waals surface area contributed by atoms with Crippen LogP contribution in [0.2, 0.25) is 0 Å². The lowest BCUT2D eigenvalue weighted by Crippen LogP contribution is -1.97. The highest BCUT2D eigenvalue weighted by molar-refractivity contribution is 8.13. The minimum Gasteiger partial charge on any atom is -0.497 e. The van der Waals surface area contributed by atoms with Crippen molar-refractivity contribution in [3.63, 3.8) is 0 Å². The fraction of sp³-hybridized carbons (Fsp3) is 0.143. The Kier molecular flexibility index (Phi) is 4.52. The van der Waals surface area contributed by atoms with Crippen LogP contribution in [0.5, 0.6) is 11.5 Å². The van der Waals surface area contributed by atoms with Gasteiger partial charge < -0.3 is 9.47 Å². The number of methoxy groups -OCH3 is 1. The molecule has 2 aromatic carbocycles. The van der Waals surface area contributed by atoms with E-state index < -0.39 is 9.05 Å². The maximum Gasteiger partial charge on any atom is 0.261 e. The van der Waals surface area contributed by atoms with Gasteiger partial charge in [0.25, 0.3) is 9.05 Å². The average Bonchev–Trinajstić information content (AvgIpc) is 2.45. The zero-order valence-corrected chi connectivity index (χ0v) is 12.3. The van der Waals surface area contributed by atoms with Gasteiger partial charge in [-0.05, 0) is 29.8 Å². The van der Waals surface area contributed by atoms with Crippen molar-refractivity contribution in [1.82, 2.24) is 0 Å². The van der Waals surface area contributed by atoms with Gasteiger partial charge in [-0.3, -0.25) is 0 Å². The van der Waals surface area contributed by atoms with Gasteiger partial charge >= 0.3 is 0 Å². The zero-order valence-electron chi connectivity index (χ0n) is 10.7. The van der Waals surface area contributed by atoms with Gasteiger partial charge in [0, 0.05) is 16.7 Å². The van der Waals surface area contributed by atoms with Crippen molar-refractivity contribution in [2.45, 2.75) is 11.5 Å². The monoisotopic (exact) mass is 312 g/mol. The third kappa shape index (κ3) is 3.88. The Morgan fingerprint density at radius 2 is 1.75 bits per heavy atom. The van der Waals surface area contributed by atoms with Crippen molar-refractivity contribution in [3.05, 3.63) is 54.1 Å². The first-order valence-electron chi connectivity index (χ1n) is 5.79. The second-order valence-electron chi connectivity index (χ2n) is 4.05. The second kappa shape index (κ2) is 6.15. The first-order valence-corrected chi connectivity index (χ1v) is 8.10. The van der Waals surface area contributed by atoms with E-state index in [0.29, 0.717) is 12.4 Å². The van der Waals surface area contributed by atoms with Gasteiger partial charge in [0.1, 0.15) is 18.1 Å². The summed E-state index contributed by atoms with van der Waals surface area (Å²) in [7, 11) is 3.14. The van der Waals surface area contributed by atoms with Gasteiger partial charge in [0.05, 0.1) is 12.0 Å². The van der Waals surface area contributed by atoms with Crippen LogP contribution < -0.4 is 9.47 Å². The van der Waals surface area contributed by atoms with E-state index in [-0.39, 0.29) is 4.90 Å². The van der Waals surface area contributed by atoms with Crippen LogP contribution in [0, 0.1) is 0 Å². The molecule has 0 aliphatic heterocycles. The molecule has 2 aromatic rings. The summed E-state index contributed by atoms with van der Waals surface area (Å²) >= 11 is 0. The molecule has 0 atom stereocenters. The topological polar surface area (TPSA) is 52.6 Å². The maximum absolute atomic E-state index is 11.2. The van der Waals surface area contributed by atoms with Crippen LogP contribution in [-0.2, 0) is 15.7 Å². The molecule has 6 heteroatoms. The molecule has 0 saturated carbocycles. The molecule has 0 unspecified atom stereocenters. The fourth-order valence-electron chi connectivity index (χ4n) is 1.60. The predicted molar refractivity (Wildman–Crippen MR) is 76.8 cm³/mol. The SMILES string of the molecule is COc1ccc(COc2cccc(S(=O)(=O)Cl)c2)cc1. The Hall–Kier alpha value is -1.72. The third-order valence-electron chi connectivity index (χ3n) is 2.65. The molecule has 0 saturated heterocycles. The van der Waals surface area contributed by atoms with E-state index in [0.717, 1.165) is 11.3 Å². The van der Waals surface area contributed by atoms with Gasteiger partial charge in [-0.2, -0.15) is 0 Å². The van der Waals surface area contributed by atoms with Crippen LogP contribution in [0.1, 0.15) is 5.56 Å². The highest BCUT2D eigenvalue weighted by atomic mass is 35.7. The van der Waals surface area contributed by atoms with Crippen LogP contribution in [0.25, 0.3) is 0 Å². The summed E-state index contributed by atoms with van der Waals surface area (Å²) in [6.45, 7) is 0.329. The van der Waals surface area contributed by atoms with Crippen LogP contribution in [0.3, 0.4) is 0 Å². The Bertz CT molecular complexity index is 681. The summed E-state index contributed by atoms with van der Waals surface area (Å²) < 4.78 is 33.1. The highest BCUT2D eigenvalue weighted by Crippen LogP contribution is 2.21. The molecule has 4 nitrogen and oxygen atoms in total. The lowest BCUT2D eigenvalue weighted by atomic mass is 10.2. The Labute approximate surface area is 122 Å². The number of hydrogen-bond acceptors (Lipinski definition) is 4. The van der Waals surface area contributed by atoms with Crippen molar-refractivity contribution in [3.8, 4) is 11.5 Å². The van der Waals surface area contributed by atoms with Crippen LogP contribution in [-0.4, -0.2) is 15.5 Å². The molecule has 0 N–H and O–H groups in total. The zero-order chi connectivity index (χ0) is 14.6. The molecule has 0 bridgehead atoms. The number of rotatable bonds is 5. The van der Waals surface area contributed by atoms with E-state index in [2.05, 4.69) is 0 Å². The molecule has 0 spiro atoms. The van der Waals surface area contributed by atoms with Gasteiger partial charge in [-0.15, -0.1) is 0 Å². The summed E-state index contributed by atoms with van der Waals surface area (Å²) in [5.41, 5.74) is 0.949. The normalized spacial score (nSPS) is 11.1. The lowest BCUT2D eigenvalue weighted by Gasteiger charge is -2.08. The molecule has 0 aliphatic rings. The fourth-order valence-corrected chi connectivity index (χ4v) is 2.39. The largest absolute Gasteiger partial charge is 0.497 e. The first-order chi connectivity index (χ1) is 9.49. The van der Waals surface area contributed by atoms with E-state index in [4.69, 9.17) is 20.2 Å². The molecule has 0 radical (unpaired) electrons. The van der Waals surface area contributed by atoms with E-state index in [1.807, 2.05) is 24.3 Å². The smallest absolute Gasteiger partial charge is 0.261 e. The first kappa shape index (κ1) is 14.7. The Morgan fingerprint density at radius 3 is 2.35 bits per heavy atom. The summed E-state index contributed by atoms with van der Waals surface area (Å²) in [5.74, 6) is 1.21. The molecule has 0 amide bonds. The van der Waals surface area contributed by atoms with Gasteiger partial charge in [-0.1, -0.05) is 18.2 Å². The van der Waals surface area contributed by atoms with Crippen LogP contribution >= 0.6 is 10.7 Å². The number of benzene rings is 2. The minimum absolute atomic E-state index is 0.0198. The van der Waals surface area contributed by atoms with E-state index in [1.54, 1.807) is 19.2 Å². The van der Waals surface area contributed by atoms with E-state index >= 15 is 0 Å². The lowest BCUT2D eigenvalue weighted by molar-refractivity contribution is 0.305. The number of ether oxygens (including phenoxy) is 2. The molecular formula is C14H13ClO4S. The molecule has 0 heterocycles. The molecule has 106 valence electrons. The minimum atomic E-state index is -3.74. The van der Waals surface area contributed by atoms with Gasteiger partial charge in [0.2, 0.25) is 0 Å². The Balaban J connectivity index is 2.07. The van der Waals surface area contributed by atoms with Crippen LogP contribution in [0.4, 0.5) is 0 Å². The number of halogens is 1. The average molecular weight is 313 g/mol. The molecule has 0 aromatic heterocycles. The summed E-state index contributed by atoms with van der Waals surface area (Å²) in [6, 6.07) is 13.5. The molecule has 0 fully saturated rings. The van der Waals surface area contributed by atoms with Crippen molar-refractivity contribution >= 4 is 19.7 Å². The molecule has 20 heavy (non-hydrogen) atoms. The summed E-state index contributed by atoms with van der Waals surface area (Å²) in [5, 5.41) is 0. The Morgan fingerprint density at radius 1 is 1.05 bits per heavy atom. The van der Waals surface area contributed by atoms with Crippen molar-refractivity contribution in [2.24, 2.45) is 0 Å². The van der Waals surface area contributed by atoms with Gasteiger partial charge in [-0.25, -0.2) is 8.42 Å². The molecular weight excluding hydrogens is 300 g/mol. The molecule has 2 rings (SSSR count). The quantitative estimate of drug-likeness (QED) is 0.796. The number of hydrogen-bond donors (Lipinski definition) is 0. The van der Waals surface area contributed by atoms with Crippen molar-refractivity contribution < 1.29 is 17.9 Å². The summed E-state index contributed by atoms with van der Waals surface area (Å²) in [6.07, 6.45) is 0. The van der Waals surface area contributed by atoms with Crippen molar-refractivity contribution in [1.29, 1.82) is 0 Å². The standard InChI is InChI=1S/C14H13ClO4S/c1-18-12-7-5-11(6-8-12)10-19-13-3-2-4-14(9-13)20(15,16)17/h2-9H,10H2,1H3. The van der Waals surface area contributed by atoms with E-state index in [9.17, 15) is 8.42 Å². The van der Waals surface area contributed by atoms with Crippen molar-refractivity contribution in [2.75, 3.05) is 7.11 Å². The third-order valence-corrected chi connectivity index (χ3v) is 4.00. The van der Waals surface area contributed by atoms with E-state index in [1.165, 1.54) is 12.1 Å². The predicted octanol–water partition coefficient (Wildman–Crippen LogP) is 3.20. The highest BCUT2D eigenvalue weighted by Gasteiger charge is 2.10.